The molecule has 1 heterocycles. The molecule has 1 amide bonds. The number of benzene rings is 1. The molecule has 1 aromatic carbocycles. The van der Waals surface area contributed by atoms with E-state index in [9.17, 15) is 41.0 Å². The molecule has 0 fully saturated rings. The summed E-state index contributed by atoms with van der Waals surface area (Å²) in [7, 11) is 1.04. The first kappa shape index (κ1) is 28.1. The molecule has 1 aromatic heterocycles. The molecule has 0 spiro atoms. The summed E-state index contributed by atoms with van der Waals surface area (Å²) in [6, 6.07) is 1.02. The minimum Gasteiger partial charge on any atom is -0.464 e. The lowest BCUT2D eigenvalue weighted by Crippen LogP contribution is -2.54. The van der Waals surface area contributed by atoms with Crippen molar-refractivity contribution in [3.8, 4) is 10.4 Å². The normalized spacial score (nSPS) is 12.6. The zero-order chi connectivity index (χ0) is 26.2. The van der Waals surface area contributed by atoms with Gasteiger partial charge in [0.05, 0.1) is 22.0 Å². The van der Waals surface area contributed by atoms with Crippen LogP contribution in [0.15, 0.2) is 12.1 Å². The van der Waals surface area contributed by atoms with E-state index in [1.807, 2.05) is 0 Å². The maximum Gasteiger partial charge on any atom is 0.430 e. The molecule has 2 aromatic rings. The SMILES string of the molecule is CCN(CC)C(=O)c1nc(C(=O)OC)sc1-c1ccc(C(O)(C(F)(F)F)C(F)(F)F)c(Cl)c1Cl. The highest BCUT2D eigenvalue weighted by molar-refractivity contribution is 7.17. The largest absolute Gasteiger partial charge is 0.464 e. The van der Waals surface area contributed by atoms with E-state index >= 15 is 0 Å². The van der Waals surface area contributed by atoms with Gasteiger partial charge in [-0.1, -0.05) is 35.3 Å². The van der Waals surface area contributed by atoms with Gasteiger partial charge < -0.3 is 14.7 Å². The highest BCUT2D eigenvalue weighted by Gasteiger charge is 2.72. The second-order valence-corrected chi connectivity index (χ2v) is 8.42. The Morgan fingerprint density at radius 3 is 2.03 bits per heavy atom. The number of ether oxygens (including phenoxy) is 1. The van der Waals surface area contributed by atoms with E-state index in [1.165, 1.54) is 4.90 Å². The van der Waals surface area contributed by atoms with Gasteiger partial charge in [0, 0.05) is 24.2 Å². The predicted molar refractivity (Wildman–Crippen MR) is 112 cm³/mol. The Kier molecular flexibility index (Phi) is 8.18. The molecule has 0 bridgehead atoms. The number of carbonyl (C=O) groups is 2. The van der Waals surface area contributed by atoms with Crippen molar-refractivity contribution in [1.82, 2.24) is 9.88 Å². The highest BCUT2D eigenvalue weighted by atomic mass is 35.5. The smallest absolute Gasteiger partial charge is 0.430 e. The van der Waals surface area contributed by atoms with E-state index in [1.54, 1.807) is 13.8 Å². The Hall–Kier alpha value is -2.09. The number of hydrogen-bond donors (Lipinski definition) is 1. The Balaban J connectivity index is 2.82. The van der Waals surface area contributed by atoms with Crippen LogP contribution in [0.4, 0.5) is 26.3 Å². The Labute approximate surface area is 203 Å². The number of amides is 1. The summed E-state index contributed by atoms with van der Waals surface area (Å²) < 4.78 is 84.4. The average molecular weight is 553 g/mol. The van der Waals surface area contributed by atoms with Crippen molar-refractivity contribution in [3.63, 3.8) is 0 Å². The third kappa shape index (κ3) is 4.70. The summed E-state index contributed by atoms with van der Waals surface area (Å²) in [4.78, 5) is 30.0. The molecule has 188 valence electrons. The van der Waals surface area contributed by atoms with Crippen molar-refractivity contribution in [1.29, 1.82) is 0 Å². The van der Waals surface area contributed by atoms with Crippen LogP contribution in [0.2, 0.25) is 10.0 Å². The molecule has 0 aliphatic heterocycles. The fourth-order valence-corrected chi connectivity index (χ4v) is 4.58. The fourth-order valence-electron chi connectivity index (χ4n) is 2.95. The van der Waals surface area contributed by atoms with Gasteiger partial charge in [0.25, 0.3) is 11.5 Å². The van der Waals surface area contributed by atoms with Crippen LogP contribution in [-0.4, -0.2) is 59.4 Å². The summed E-state index contributed by atoms with van der Waals surface area (Å²) in [5, 5.41) is 7.31. The molecule has 2 rings (SSSR count). The van der Waals surface area contributed by atoms with Crippen molar-refractivity contribution in [2.24, 2.45) is 0 Å². The van der Waals surface area contributed by atoms with E-state index in [0.717, 1.165) is 13.2 Å². The fraction of sp³-hybridized carbons (Fsp3) is 0.421. The van der Waals surface area contributed by atoms with Gasteiger partial charge in [-0.25, -0.2) is 9.78 Å². The lowest BCUT2D eigenvalue weighted by Gasteiger charge is -2.33. The molecular weight excluding hydrogens is 537 g/mol. The van der Waals surface area contributed by atoms with Gasteiger partial charge in [-0.15, -0.1) is 11.3 Å². The second-order valence-electron chi connectivity index (χ2n) is 6.66. The van der Waals surface area contributed by atoms with Gasteiger partial charge in [0.2, 0.25) is 5.01 Å². The summed E-state index contributed by atoms with van der Waals surface area (Å²) in [6.07, 6.45) is -12.4. The van der Waals surface area contributed by atoms with Gasteiger partial charge in [0.15, 0.2) is 0 Å². The van der Waals surface area contributed by atoms with E-state index in [-0.39, 0.29) is 34.2 Å². The topological polar surface area (TPSA) is 79.7 Å². The van der Waals surface area contributed by atoms with Crippen LogP contribution in [0, 0.1) is 0 Å². The number of hydrogen-bond acceptors (Lipinski definition) is 6. The van der Waals surface area contributed by atoms with E-state index in [0.29, 0.717) is 17.4 Å². The number of alkyl halides is 6. The average Bonchev–Trinajstić information content (AvgIpc) is 3.18. The number of methoxy groups -OCH3 is 1. The molecule has 0 radical (unpaired) electrons. The van der Waals surface area contributed by atoms with Crippen LogP contribution in [0.1, 0.15) is 39.7 Å². The summed E-state index contributed by atoms with van der Waals surface area (Å²) >= 11 is 12.4. The van der Waals surface area contributed by atoms with Crippen LogP contribution in [0.5, 0.6) is 0 Å². The third-order valence-corrected chi connectivity index (χ3v) is 6.73. The Morgan fingerprint density at radius 2 is 1.59 bits per heavy atom. The number of aliphatic hydroxyl groups is 1. The number of rotatable bonds is 6. The summed E-state index contributed by atoms with van der Waals surface area (Å²) in [5.74, 6) is -1.61. The molecule has 0 saturated heterocycles. The molecular formula is C19H16Cl2F6N2O4S. The summed E-state index contributed by atoms with van der Waals surface area (Å²) in [6.45, 7) is 3.78. The predicted octanol–water partition coefficient (Wildman–Crippen LogP) is 5.70. The molecule has 0 aliphatic rings. The van der Waals surface area contributed by atoms with E-state index in [2.05, 4.69) is 9.72 Å². The number of thiazole rings is 1. The van der Waals surface area contributed by atoms with Crippen LogP contribution < -0.4 is 0 Å². The van der Waals surface area contributed by atoms with Crippen LogP contribution in [0.25, 0.3) is 10.4 Å². The van der Waals surface area contributed by atoms with Gasteiger partial charge in [-0.3, -0.25) is 4.79 Å². The van der Waals surface area contributed by atoms with Crippen molar-refractivity contribution in [3.05, 3.63) is 38.4 Å². The highest BCUT2D eigenvalue weighted by Crippen LogP contribution is 2.54. The third-order valence-electron chi connectivity index (χ3n) is 4.78. The van der Waals surface area contributed by atoms with E-state index in [4.69, 9.17) is 23.2 Å². The number of nitrogens with zero attached hydrogens (tertiary/aromatic N) is 2. The zero-order valence-corrected chi connectivity index (χ0v) is 19.9. The van der Waals surface area contributed by atoms with Crippen LogP contribution in [-0.2, 0) is 10.3 Å². The van der Waals surface area contributed by atoms with Crippen molar-refractivity contribution < 1.29 is 45.8 Å². The van der Waals surface area contributed by atoms with Gasteiger partial charge in [-0.2, -0.15) is 26.3 Å². The van der Waals surface area contributed by atoms with Gasteiger partial charge >= 0.3 is 18.3 Å². The Bertz CT molecular complexity index is 1090. The molecule has 0 aliphatic carbocycles. The van der Waals surface area contributed by atoms with E-state index < -0.39 is 45.4 Å². The lowest BCUT2D eigenvalue weighted by atomic mass is 9.91. The maximum absolute atomic E-state index is 13.3. The molecule has 1 N–H and O–H groups in total. The zero-order valence-electron chi connectivity index (χ0n) is 17.6. The number of carbonyl (C=O) groups excluding carboxylic acids is 2. The molecule has 0 atom stereocenters. The maximum atomic E-state index is 13.3. The minimum atomic E-state index is -6.19. The standard InChI is InChI=1S/C19H16Cl2F6N2O4S/c1-4-29(5-2)15(30)12-13(34-14(28-12)16(31)33-3)8-6-7-9(11(21)10(8)20)17(32,18(22,23)24)19(25,26)27/h6-7,32H,4-5H2,1-3H3. The molecule has 0 saturated carbocycles. The van der Waals surface area contributed by atoms with Crippen molar-refractivity contribution in [2.75, 3.05) is 20.2 Å². The first-order valence-corrected chi connectivity index (χ1v) is 10.9. The van der Waals surface area contributed by atoms with Crippen LogP contribution >= 0.6 is 34.5 Å². The first-order valence-electron chi connectivity index (χ1n) is 9.29. The van der Waals surface area contributed by atoms with Crippen molar-refractivity contribution >= 4 is 46.4 Å². The van der Waals surface area contributed by atoms with Crippen LogP contribution in [0.3, 0.4) is 0 Å². The lowest BCUT2D eigenvalue weighted by molar-refractivity contribution is -0.376. The number of aromatic nitrogens is 1. The Morgan fingerprint density at radius 1 is 1.06 bits per heavy atom. The quantitative estimate of drug-likeness (QED) is 0.367. The van der Waals surface area contributed by atoms with Gasteiger partial charge in [0.1, 0.15) is 5.69 Å². The molecule has 34 heavy (non-hydrogen) atoms. The van der Waals surface area contributed by atoms with Crippen molar-refractivity contribution in [2.45, 2.75) is 31.8 Å². The van der Waals surface area contributed by atoms with Gasteiger partial charge in [-0.05, 0) is 13.8 Å². The molecule has 6 nitrogen and oxygen atoms in total. The summed E-state index contributed by atoms with van der Waals surface area (Å²) in [5.41, 5.74) is -7.67. The number of esters is 1. The molecule has 15 heteroatoms. The first-order chi connectivity index (χ1) is 15.6. The molecule has 0 unspecified atom stereocenters. The minimum absolute atomic E-state index is 0.140. The monoisotopic (exact) mass is 552 g/mol. The second kappa shape index (κ2) is 9.88. The number of halogens is 8.